The number of benzene rings is 3. The minimum Gasteiger partial charge on any atom is -0.506 e. The molecule has 0 fully saturated rings. The summed E-state index contributed by atoms with van der Waals surface area (Å²) in [5.41, 5.74) is 10.9. The van der Waals surface area contributed by atoms with E-state index in [1.165, 1.54) is 24.3 Å². The first-order valence-electron chi connectivity index (χ1n) is 15.9. The number of thioether (sulfide) groups is 2. The van der Waals surface area contributed by atoms with Gasteiger partial charge in [-0.25, -0.2) is 24.5 Å². The van der Waals surface area contributed by atoms with E-state index >= 15 is 0 Å². The molecule has 0 spiro atoms. The van der Waals surface area contributed by atoms with E-state index in [0.717, 1.165) is 40.9 Å². The monoisotopic (exact) mass is 806 g/mol. The number of thiazole rings is 1. The van der Waals surface area contributed by atoms with Crippen molar-refractivity contribution < 1.29 is 59.7 Å². The van der Waals surface area contributed by atoms with Gasteiger partial charge in [0.15, 0.2) is 0 Å². The third kappa shape index (κ3) is 6.71. The smallest absolute Gasteiger partial charge is 0.354 e. The van der Waals surface area contributed by atoms with Crippen LogP contribution < -0.4 is 16.8 Å². The number of carboxylic acid groups (broad SMARTS) is 4. The number of amides is 1. The fourth-order valence-corrected chi connectivity index (χ4v) is 9.51. The maximum atomic E-state index is 13.9. The predicted molar refractivity (Wildman–Crippen MR) is 200 cm³/mol. The third-order valence-electron chi connectivity index (χ3n) is 8.71. The number of nitrogens with two attached hydrogens (primary N) is 2. The second-order valence-corrected chi connectivity index (χ2v) is 15.6. The number of aliphatic carboxylic acids is 3. The fraction of sp³-hybridized carbons (Fsp3) is 0.176. The Morgan fingerprint density at radius 1 is 0.873 bits per heavy atom. The molecule has 55 heavy (non-hydrogen) atoms. The summed E-state index contributed by atoms with van der Waals surface area (Å²) in [7, 11) is 0. The molecule has 5 aromatic rings. The Kier molecular flexibility index (Phi) is 9.51. The summed E-state index contributed by atoms with van der Waals surface area (Å²) in [6, 6.07) is 4.15. The van der Waals surface area contributed by atoms with Crippen LogP contribution in [-0.4, -0.2) is 99.0 Å². The molecule has 7 rings (SSSR count). The van der Waals surface area contributed by atoms with E-state index in [1.807, 2.05) is 0 Å². The molecule has 3 aromatic carbocycles. The van der Waals surface area contributed by atoms with Gasteiger partial charge >= 0.3 is 23.9 Å². The lowest BCUT2D eigenvalue weighted by atomic mass is 9.96. The van der Waals surface area contributed by atoms with Crippen molar-refractivity contribution in [3.05, 3.63) is 52.7 Å². The molecule has 21 heteroatoms. The molecule has 0 aliphatic carbocycles. The summed E-state index contributed by atoms with van der Waals surface area (Å²) in [4.78, 5) is 75.0. The zero-order chi connectivity index (χ0) is 39.6. The number of rotatable bonds is 10. The molecule has 2 aliphatic rings. The van der Waals surface area contributed by atoms with Crippen molar-refractivity contribution in [1.82, 2.24) is 9.97 Å². The van der Waals surface area contributed by atoms with E-state index in [9.17, 15) is 59.7 Å². The lowest BCUT2D eigenvalue weighted by molar-refractivity contribution is -0.139. The van der Waals surface area contributed by atoms with Crippen molar-refractivity contribution in [2.75, 3.05) is 11.1 Å². The Bertz CT molecular complexity index is 2590. The lowest BCUT2D eigenvalue weighted by Crippen LogP contribution is -2.32. The van der Waals surface area contributed by atoms with E-state index in [-0.39, 0.29) is 94.2 Å². The number of aliphatic imine (C=N–C) groups is 1. The summed E-state index contributed by atoms with van der Waals surface area (Å²) in [5.74, 6) is -7.63. The van der Waals surface area contributed by atoms with Crippen molar-refractivity contribution in [2.45, 2.75) is 40.0 Å². The highest BCUT2D eigenvalue weighted by atomic mass is 32.2. The topological polar surface area (TPSA) is 329 Å². The molecule has 12 N–H and O–H groups in total. The Labute approximate surface area is 319 Å². The molecule has 0 bridgehead atoms. The van der Waals surface area contributed by atoms with Gasteiger partial charge in [-0.15, -0.1) is 34.9 Å². The average molecular weight is 807 g/mol. The van der Waals surface area contributed by atoms with Gasteiger partial charge in [0.1, 0.15) is 62.4 Å². The van der Waals surface area contributed by atoms with Crippen LogP contribution >= 0.6 is 34.9 Å². The van der Waals surface area contributed by atoms with Crippen LogP contribution in [0.1, 0.15) is 32.4 Å². The highest BCUT2D eigenvalue weighted by Crippen LogP contribution is 2.57. The number of nitrogens with zero attached hydrogens (tertiary/aromatic N) is 3. The minimum absolute atomic E-state index is 0.00561. The molecule has 4 heterocycles. The van der Waals surface area contributed by atoms with Gasteiger partial charge in [-0.1, -0.05) is 0 Å². The number of carbonyl (C=O) groups is 5. The van der Waals surface area contributed by atoms with Crippen molar-refractivity contribution in [1.29, 1.82) is 0 Å². The van der Waals surface area contributed by atoms with Crippen LogP contribution in [0, 0.1) is 0 Å². The molecular formula is C34H26N6O12S3. The number of hydrogen-bond acceptors (Lipinski definition) is 16. The number of phenolic OH excluding ortho intramolecular Hbond substituents is 3. The molecule has 2 aromatic heterocycles. The summed E-state index contributed by atoms with van der Waals surface area (Å²) >= 11 is 2.73. The van der Waals surface area contributed by atoms with Crippen LogP contribution in [0.2, 0.25) is 0 Å². The number of fused-ring (bicyclic) bond motifs is 5. The molecule has 3 unspecified atom stereocenters. The van der Waals surface area contributed by atoms with Crippen LogP contribution in [0.3, 0.4) is 0 Å². The number of aromatic carboxylic acids is 1. The molecular weight excluding hydrogens is 781 g/mol. The Morgan fingerprint density at radius 2 is 1.53 bits per heavy atom. The molecule has 1 amide bonds. The van der Waals surface area contributed by atoms with Crippen LogP contribution in [-0.2, 0) is 32.0 Å². The second-order valence-electron chi connectivity index (χ2n) is 12.4. The van der Waals surface area contributed by atoms with Gasteiger partial charge in [0.25, 0.3) is 0 Å². The number of hydrogen-bond donors (Lipinski definition) is 10. The van der Waals surface area contributed by atoms with Crippen LogP contribution in [0.15, 0.2) is 45.1 Å². The Morgan fingerprint density at radius 3 is 2.16 bits per heavy atom. The van der Waals surface area contributed by atoms with Gasteiger partial charge in [-0.3, -0.25) is 14.4 Å². The van der Waals surface area contributed by atoms with E-state index < -0.39 is 58.6 Å². The molecule has 0 saturated carbocycles. The summed E-state index contributed by atoms with van der Waals surface area (Å²) in [5, 5.41) is 73.7. The molecule has 3 atom stereocenters. The summed E-state index contributed by atoms with van der Waals surface area (Å²) in [6.45, 7) is 0. The van der Waals surface area contributed by atoms with Crippen molar-refractivity contribution >= 4 is 103 Å². The fourth-order valence-electron chi connectivity index (χ4n) is 6.18. The van der Waals surface area contributed by atoms with E-state index in [4.69, 9.17) is 11.5 Å². The largest absolute Gasteiger partial charge is 0.506 e. The van der Waals surface area contributed by atoms with Gasteiger partial charge in [0.2, 0.25) is 5.91 Å². The van der Waals surface area contributed by atoms with Crippen molar-refractivity contribution in [3.8, 4) is 28.0 Å². The molecule has 0 radical (unpaired) electrons. The average Bonchev–Trinajstić information content (AvgIpc) is 3.56. The second kappa shape index (κ2) is 14.0. The number of anilines is 1. The van der Waals surface area contributed by atoms with Gasteiger partial charge in [0.05, 0.1) is 15.9 Å². The minimum atomic E-state index is -1.49. The molecule has 0 saturated heterocycles. The molecule has 282 valence electrons. The highest BCUT2D eigenvalue weighted by Gasteiger charge is 2.38. The first kappa shape index (κ1) is 37.3. The molecule has 18 nitrogen and oxygen atoms in total. The molecule has 2 aliphatic heterocycles. The number of pyridine rings is 1. The summed E-state index contributed by atoms with van der Waals surface area (Å²) in [6.07, 6.45) is -0.331. The highest BCUT2D eigenvalue weighted by molar-refractivity contribution is 8.01. The number of aromatic hydroxyl groups is 3. The zero-order valence-electron chi connectivity index (χ0n) is 27.6. The first-order valence-corrected chi connectivity index (χ1v) is 18.5. The summed E-state index contributed by atoms with van der Waals surface area (Å²) < 4.78 is 0.238. The lowest BCUT2D eigenvalue weighted by Gasteiger charge is -2.29. The van der Waals surface area contributed by atoms with E-state index in [0.29, 0.717) is 11.1 Å². The van der Waals surface area contributed by atoms with Crippen LogP contribution in [0.4, 0.5) is 11.4 Å². The number of aromatic nitrogens is 2. The van der Waals surface area contributed by atoms with Gasteiger partial charge in [-0.2, -0.15) is 0 Å². The van der Waals surface area contributed by atoms with Gasteiger partial charge in [0, 0.05) is 26.5 Å². The number of nitrogens with one attached hydrogen (secondary N) is 1. The first-order chi connectivity index (χ1) is 26.0. The SMILES string of the molecule is NC(Cc1cc(O)c2c(c1)SC(c1c(O)c3c(c4c(-c5nc6cc(CC(N)C(=O)O)cc(O)c6s5)nc(C(=O)O)cc14)SCC(C(=O)O)=N3)C(=O)N2)C(=O)O. The third-order valence-corrected chi connectivity index (χ3v) is 12.2. The van der Waals surface area contributed by atoms with Crippen LogP contribution in [0.25, 0.3) is 31.7 Å². The standard InChI is InChI=1S/C34H26N6O12S3/c35-12(31(45)46)1-9-3-14-26(18(42)5-9)55-30(39-14)23-20-11(7-15(37-23)33(49)50)21(25(43)24-27(20)53-8-16(38-24)34(51)52)28-29(44)40-22-17(41)4-10(6-19(22)54-28)2-13(36)32(47)48/h3-7,12-13,28,41-43H,1-2,8,35-36H2,(H,40,44)(H,45,46)(H,47,48)(H,49,50)(H,51,52). The van der Waals surface area contributed by atoms with Gasteiger partial charge < -0.3 is 52.5 Å². The predicted octanol–water partition coefficient (Wildman–Crippen LogP) is 3.28. The van der Waals surface area contributed by atoms with Crippen molar-refractivity contribution in [3.63, 3.8) is 0 Å². The quantitative estimate of drug-likeness (QED) is 0.0905. The van der Waals surface area contributed by atoms with Crippen molar-refractivity contribution in [2.24, 2.45) is 16.5 Å². The number of carbonyl (C=O) groups excluding carboxylic acids is 1. The number of phenols is 3. The Balaban J connectivity index is 1.49. The maximum absolute atomic E-state index is 13.9. The number of carboxylic acids is 4. The zero-order valence-corrected chi connectivity index (χ0v) is 30.1. The maximum Gasteiger partial charge on any atom is 0.354 e. The van der Waals surface area contributed by atoms with E-state index in [2.05, 4.69) is 20.3 Å². The van der Waals surface area contributed by atoms with Crippen LogP contribution in [0.5, 0.6) is 17.2 Å². The van der Waals surface area contributed by atoms with Gasteiger partial charge in [-0.05, 0) is 59.7 Å². The normalized spacial score (nSPS) is 16.1. The Hall–Kier alpha value is -6.00. The van der Waals surface area contributed by atoms with E-state index in [1.54, 1.807) is 0 Å².